The predicted octanol–water partition coefficient (Wildman–Crippen LogP) is 0.298. The van der Waals surface area contributed by atoms with Gasteiger partial charge in [-0.25, -0.2) is 0 Å². The van der Waals surface area contributed by atoms with Crippen LogP contribution in [0, 0.1) is 11.3 Å². The van der Waals surface area contributed by atoms with Gasteiger partial charge in [0.1, 0.15) is 0 Å². The average molecular weight is 358 g/mol. The van der Waals surface area contributed by atoms with Crippen LogP contribution in [-0.4, -0.2) is 37.4 Å². The monoisotopic (exact) mass is 358 g/mol. The third-order valence-electron chi connectivity index (χ3n) is 5.58. The van der Waals surface area contributed by atoms with E-state index in [-0.39, 0.29) is 23.8 Å². The van der Waals surface area contributed by atoms with Gasteiger partial charge >= 0.3 is 0 Å². The van der Waals surface area contributed by atoms with Crippen LogP contribution in [0.1, 0.15) is 41.6 Å². The Morgan fingerprint density at radius 2 is 1.92 bits per heavy atom. The molecule has 3 amide bonds. The summed E-state index contributed by atoms with van der Waals surface area (Å²) in [6.45, 7) is 1.95. The molecule has 1 saturated heterocycles. The number of nitrogens with two attached hydrogens (primary N) is 1. The highest BCUT2D eigenvalue weighted by Crippen LogP contribution is 2.43. The van der Waals surface area contributed by atoms with E-state index in [0.717, 1.165) is 37.9 Å². The molecule has 2 fully saturated rings. The van der Waals surface area contributed by atoms with Gasteiger partial charge in [0, 0.05) is 18.7 Å². The van der Waals surface area contributed by atoms with Crippen LogP contribution in [0.15, 0.2) is 24.3 Å². The van der Waals surface area contributed by atoms with Crippen LogP contribution in [-0.2, 0) is 16.1 Å². The van der Waals surface area contributed by atoms with Crippen molar-refractivity contribution in [2.75, 3.05) is 19.6 Å². The lowest BCUT2D eigenvalue weighted by atomic mass is 9.67. The maximum atomic E-state index is 12.8. The fourth-order valence-corrected chi connectivity index (χ4v) is 4.09. The molecule has 0 unspecified atom stereocenters. The largest absolute Gasteiger partial charge is 0.368 e. The lowest BCUT2D eigenvalue weighted by Crippen LogP contribution is -2.47. The Morgan fingerprint density at radius 3 is 2.65 bits per heavy atom. The van der Waals surface area contributed by atoms with Gasteiger partial charge in [0.05, 0.1) is 12.0 Å². The van der Waals surface area contributed by atoms with E-state index in [2.05, 4.69) is 16.0 Å². The van der Waals surface area contributed by atoms with Crippen LogP contribution in [0.3, 0.4) is 0 Å². The second kappa shape index (κ2) is 7.86. The Balaban J connectivity index is 1.55. The second-order valence-electron chi connectivity index (χ2n) is 7.26. The third-order valence-corrected chi connectivity index (χ3v) is 5.58. The first-order chi connectivity index (χ1) is 12.5. The normalized spacial score (nSPS) is 24.5. The van der Waals surface area contributed by atoms with E-state index in [4.69, 9.17) is 5.73 Å². The van der Waals surface area contributed by atoms with E-state index in [1.165, 1.54) is 6.42 Å². The highest BCUT2D eigenvalue weighted by molar-refractivity contribution is 5.96. The average Bonchev–Trinajstić information content (AvgIpc) is 3.10. The molecule has 0 spiro atoms. The topological polar surface area (TPSA) is 113 Å². The molecule has 0 aromatic heterocycles. The number of carbonyl (C=O) groups excluding carboxylic acids is 3. The van der Waals surface area contributed by atoms with E-state index in [1.54, 1.807) is 12.1 Å². The van der Waals surface area contributed by atoms with Crippen LogP contribution in [0.2, 0.25) is 0 Å². The molecule has 3 rings (SSSR count). The Morgan fingerprint density at radius 1 is 1.15 bits per heavy atom. The molecule has 0 radical (unpaired) electrons. The number of hydrogen-bond donors (Lipinski definition) is 4. The number of primary amides is 1. The number of carbonyl (C=O) groups is 3. The zero-order chi connectivity index (χ0) is 18.6. The van der Waals surface area contributed by atoms with Crippen molar-refractivity contribution >= 4 is 17.7 Å². The summed E-state index contributed by atoms with van der Waals surface area (Å²) in [5.41, 5.74) is 6.13. The first kappa shape index (κ1) is 18.4. The minimum atomic E-state index is -0.584. The molecular weight excluding hydrogens is 332 g/mol. The first-order valence-electron chi connectivity index (χ1n) is 9.16. The van der Waals surface area contributed by atoms with Crippen LogP contribution in [0.4, 0.5) is 0 Å². The van der Waals surface area contributed by atoms with Gasteiger partial charge in [-0.15, -0.1) is 0 Å². The summed E-state index contributed by atoms with van der Waals surface area (Å²) < 4.78 is 0. The summed E-state index contributed by atoms with van der Waals surface area (Å²) in [5.74, 6) is -0.358. The Bertz CT molecular complexity index is 689. The number of nitrogens with one attached hydrogen (secondary N) is 3. The quantitative estimate of drug-likeness (QED) is 0.586. The van der Waals surface area contributed by atoms with E-state index < -0.39 is 5.91 Å². The fourth-order valence-electron chi connectivity index (χ4n) is 4.09. The van der Waals surface area contributed by atoms with Gasteiger partial charge in [-0.2, -0.15) is 0 Å². The van der Waals surface area contributed by atoms with E-state index in [0.29, 0.717) is 18.0 Å². The molecule has 1 aliphatic carbocycles. The molecule has 1 heterocycles. The van der Waals surface area contributed by atoms with Gasteiger partial charge < -0.3 is 21.7 Å². The van der Waals surface area contributed by atoms with Crippen LogP contribution >= 0.6 is 0 Å². The molecule has 26 heavy (non-hydrogen) atoms. The summed E-state index contributed by atoms with van der Waals surface area (Å²) in [5, 5.41) is 8.91. The van der Waals surface area contributed by atoms with E-state index in [1.807, 2.05) is 12.1 Å². The molecule has 0 bridgehead atoms. The lowest BCUT2D eigenvalue weighted by Gasteiger charge is -2.37. The molecule has 7 nitrogen and oxygen atoms in total. The highest BCUT2D eigenvalue weighted by atomic mass is 16.2. The maximum absolute atomic E-state index is 12.8. The number of hydrogen-bond acceptors (Lipinski definition) is 4. The molecule has 1 aromatic carbocycles. The third kappa shape index (κ3) is 3.88. The van der Waals surface area contributed by atoms with Gasteiger partial charge in [0.15, 0.2) is 0 Å². The van der Waals surface area contributed by atoms with Crippen molar-refractivity contribution in [2.45, 2.75) is 32.2 Å². The smallest absolute Gasteiger partial charge is 0.251 e. The number of benzene rings is 1. The van der Waals surface area contributed by atoms with Crippen molar-refractivity contribution in [1.82, 2.24) is 16.0 Å². The van der Waals surface area contributed by atoms with Crippen molar-refractivity contribution in [1.29, 1.82) is 0 Å². The van der Waals surface area contributed by atoms with Crippen molar-refractivity contribution in [3.63, 3.8) is 0 Å². The Kier molecular flexibility index (Phi) is 5.56. The highest BCUT2D eigenvalue weighted by Gasteiger charge is 2.49. The lowest BCUT2D eigenvalue weighted by molar-refractivity contribution is -0.134. The molecule has 1 saturated carbocycles. The van der Waals surface area contributed by atoms with Gasteiger partial charge in [-0.1, -0.05) is 25.0 Å². The van der Waals surface area contributed by atoms with Crippen molar-refractivity contribution in [2.24, 2.45) is 17.1 Å². The fraction of sp³-hybridized carbons (Fsp3) is 0.526. The zero-order valence-electron chi connectivity index (χ0n) is 14.8. The van der Waals surface area contributed by atoms with Gasteiger partial charge in [-0.05, 0) is 43.0 Å². The molecule has 5 N–H and O–H groups in total. The molecule has 2 atom stereocenters. The second-order valence-corrected chi connectivity index (χ2v) is 7.26. The van der Waals surface area contributed by atoms with E-state index in [9.17, 15) is 14.4 Å². The van der Waals surface area contributed by atoms with Gasteiger partial charge in [-0.3, -0.25) is 14.4 Å². The van der Waals surface area contributed by atoms with Crippen molar-refractivity contribution < 1.29 is 14.4 Å². The minimum absolute atomic E-state index is 0.135. The minimum Gasteiger partial charge on any atom is -0.368 e. The molecular formula is C19H26N4O3. The molecule has 7 heteroatoms. The predicted molar refractivity (Wildman–Crippen MR) is 97.1 cm³/mol. The molecule has 140 valence electrons. The zero-order valence-corrected chi connectivity index (χ0v) is 14.8. The number of rotatable bonds is 6. The standard InChI is InChI=1S/C19H26N4O3/c20-16(24)11-22-17(25)14-6-4-13(5-7-14)9-23-18(26)19-8-2-1-3-15(19)10-21-12-19/h4-7,15,21H,1-3,8-12H2,(H2,20,24)(H,22,25)(H,23,26)/t15-,19+/m0/s1. The summed E-state index contributed by atoms with van der Waals surface area (Å²) >= 11 is 0. The summed E-state index contributed by atoms with van der Waals surface area (Å²) in [6, 6.07) is 6.97. The number of fused-ring (bicyclic) bond motifs is 1. The molecule has 1 aromatic rings. The summed E-state index contributed by atoms with van der Waals surface area (Å²) in [6.07, 6.45) is 4.40. The number of amides is 3. The van der Waals surface area contributed by atoms with Crippen LogP contribution in [0.5, 0.6) is 0 Å². The van der Waals surface area contributed by atoms with Gasteiger partial charge in [0.2, 0.25) is 11.8 Å². The van der Waals surface area contributed by atoms with Crippen LogP contribution in [0.25, 0.3) is 0 Å². The van der Waals surface area contributed by atoms with Crippen LogP contribution < -0.4 is 21.7 Å². The van der Waals surface area contributed by atoms with E-state index >= 15 is 0 Å². The van der Waals surface area contributed by atoms with Crippen molar-refractivity contribution in [3.05, 3.63) is 35.4 Å². The maximum Gasteiger partial charge on any atom is 0.251 e. The van der Waals surface area contributed by atoms with Gasteiger partial charge in [0.25, 0.3) is 5.91 Å². The first-order valence-corrected chi connectivity index (χ1v) is 9.16. The summed E-state index contributed by atoms with van der Waals surface area (Å²) in [7, 11) is 0. The molecule has 1 aliphatic heterocycles. The van der Waals surface area contributed by atoms with Crippen molar-refractivity contribution in [3.8, 4) is 0 Å². The Hall–Kier alpha value is -2.41. The Labute approximate surface area is 153 Å². The SMILES string of the molecule is NC(=O)CNC(=O)c1ccc(CNC(=O)[C@@]23CCCC[C@H]2CNC3)cc1. The summed E-state index contributed by atoms with van der Waals surface area (Å²) in [4.78, 5) is 35.4. The molecule has 2 aliphatic rings.